The van der Waals surface area contributed by atoms with E-state index in [2.05, 4.69) is 47.5 Å². The monoisotopic (exact) mass is 181 g/mol. The Morgan fingerprint density at radius 2 is 1.93 bits per heavy atom. The Morgan fingerprint density at radius 3 is 2.79 bits per heavy atom. The fourth-order valence-electron chi connectivity index (χ4n) is 2.06. The van der Waals surface area contributed by atoms with Crippen LogP contribution in [0.4, 0.5) is 0 Å². The largest absolute Gasteiger partial charge is 0.364 e. The summed E-state index contributed by atoms with van der Waals surface area (Å²) < 4.78 is 0. The molecule has 68 valence electrons. The Morgan fingerprint density at radius 1 is 1.00 bits per heavy atom. The van der Waals surface area contributed by atoms with Crippen molar-refractivity contribution < 1.29 is 0 Å². The Hall–Kier alpha value is -1.76. The highest BCUT2D eigenvalue weighted by Gasteiger charge is 2.18. The van der Waals surface area contributed by atoms with Gasteiger partial charge in [0.05, 0.1) is 0 Å². The van der Waals surface area contributed by atoms with Crippen LogP contribution in [0.25, 0.3) is 6.08 Å². The van der Waals surface area contributed by atoms with Crippen LogP contribution in [0, 0.1) is 0 Å². The molecule has 1 N–H and O–H groups in total. The lowest BCUT2D eigenvalue weighted by Crippen LogP contribution is -1.95. The highest BCUT2D eigenvalue weighted by atomic mass is 14.7. The lowest BCUT2D eigenvalue weighted by atomic mass is 9.98. The molecular formula is C13H11N. The van der Waals surface area contributed by atoms with Gasteiger partial charge in [0.2, 0.25) is 0 Å². The zero-order valence-electron chi connectivity index (χ0n) is 7.77. The summed E-state index contributed by atoms with van der Waals surface area (Å²) in [6, 6.07) is 12.7. The molecule has 1 heterocycles. The minimum absolute atomic E-state index is 0.418. The second-order valence-corrected chi connectivity index (χ2v) is 3.59. The molecule has 1 aliphatic carbocycles. The fraction of sp³-hybridized carbons (Fsp3) is 0.0769. The van der Waals surface area contributed by atoms with Crippen molar-refractivity contribution in [1.29, 1.82) is 0 Å². The van der Waals surface area contributed by atoms with Gasteiger partial charge in [-0.2, -0.15) is 0 Å². The van der Waals surface area contributed by atoms with Gasteiger partial charge in [0, 0.05) is 17.8 Å². The molecule has 0 radical (unpaired) electrons. The summed E-state index contributed by atoms with van der Waals surface area (Å²) in [5, 5.41) is 0. The third-order valence-electron chi connectivity index (χ3n) is 2.76. The van der Waals surface area contributed by atoms with Gasteiger partial charge in [-0.15, -0.1) is 0 Å². The first kappa shape index (κ1) is 7.63. The van der Waals surface area contributed by atoms with Crippen LogP contribution in [0.5, 0.6) is 0 Å². The van der Waals surface area contributed by atoms with E-state index in [9.17, 15) is 0 Å². The number of aromatic nitrogens is 1. The summed E-state index contributed by atoms with van der Waals surface area (Å²) in [4.78, 5) is 3.27. The van der Waals surface area contributed by atoms with E-state index in [0.717, 1.165) is 0 Å². The van der Waals surface area contributed by atoms with Crippen LogP contribution in [0.15, 0.2) is 48.7 Å². The number of H-pyrrole nitrogens is 1. The predicted octanol–water partition coefficient (Wildman–Crippen LogP) is 3.17. The number of fused-ring (bicyclic) bond motifs is 1. The van der Waals surface area contributed by atoms with Gasteiger partial charge in [-0.05, 0) is 23.3 Å². The molecule has 0 saturated carbocycles. The van der Waals surface area contributed by atoms with E-state index in [1.807, 2.05) is 12.3 Å². The normalized spacial score (nSPS) is 18.4. The number of rotatable bonds is 1. The van der Waals surface area contributed by atoms with Gasteiger partial charge in [0.1, 0.15) is 0 Å². The molecule has 1 unspecified atom stereocenters. The molecule has 1 aromatic carbocycles. The lowest BCUT2D eigenvalue weighted by Gasteiger charge is -2.08. The third-order valence-corrected chi connectivity index (χ3v) is 2.76. The van der Waals surface area contributed by atoms with Crippen molar-refractivity contribution in [3.63, 3.8) is 0 Å². The van der Waals surface area contributed by atoms with E-state index in [-0.39, 0.29) is 0 Å². The van der Waals surface area contributed by atoms with Crippen LogP contribution in [0.1, 0.15) is 22.7 Å². The van der Waals surface area contributed by atoms with Crippen LogP contribution >= 0.6 is 0 Å². The van der Waals surface area contributed by atoms with Crippen molar-refractivity contribution in [1.82, 2.24) is 4.98 Å². The minimum atomic E-state index is 0.418. The number of allylic oxidation sites excluding steroid dienone is 1. The Labute approximate surface area is 83.1 Å². The molecule has 2 aromatic rings. The van der Waals surface area contributed by atoms with Gasteiger partial charge in [0.25, 0.3) is 0 Å². The summed E-state index contributed by atoms with van der Waals surface area (Å²) in [6.45, 7) is 0. The average molecular weight is 181 g/mol. The molecule has 1 aliphatic rings. The number of hydrogen-bond acceptors (Lipinski definition) is 0. The number of benzene rings is 1. The Kier molecular flexibility index (Phi) is 1.57. The van der Waals surface area contributed by atoms with Crippen LogP contribution < -0.4 is 0 Å². The van der Waals surface area contributed by atoms with E-state index in [1.54, 1.807) is 0 Å². The summed E-state index contributed by atoms with van der Waals surface area (Å²) >= 11 is 0. The topological polar surface area (TPSA) is 15.8 Å². The predicted molar refractivity (Wildman–Crippen MR) is 58.1 cm³/mol. The van der Waals surface area contributed by atoms with Gasteiger partial charge < -0.3 is 4.98 Å². The lowest BCUT2D eigenvalue weighted by molar-refractivity contribution is 0.992. The first-order valence-electron chi connectivity index (χ1n) is 4.85. The molecule has 0 spiro atoms. The summed E-state index contributed by atoms with van der Waals surface area (Å²) in [6.07, 6.45) is 6.42. The second kappa shape index (κ2) is 2.88. The first-order chi connectivity index (χ1) is 6.95. The molecule has 3 rings (SSSR count). The van der Waals surface area contributed by atoms with E-state index < -0.39 is 0 Å². The highest BCUT2D eigenvalue weighted by Crippen LogP contribution is 2.33. The SMILES string of the molecule is C1=CC(c2ccc[nH]2)c2ccccc21. The standard InChI is InChI=1S/C13H11N/c1-2-5-11-10(4-1)7-8-12(11)13-6-3-9-14-13/h1-9,12,14H. The molecule has 0 amide bonds. The van der Waals surface area contributed by atoms with Crippen LogP contribution in [-0.2, 0) is 0 Å². The maximum atomic E-state index is 3.27. The van der Waals surface area contributed by atoms with E-state index >= 15 is 0 Å². The first-order valence-corrected chi connectivity index (χ1v) is 4.85. The van der Waals surface area contributed by atoms with Gasteiger partial charge in [-0.25, -0.2) is 0 Å². The maximum Gasteiger partial charge on any atom is 0.0429 e. The summed E-state index contributed by atoms with van der Waals surface area (Å²) in [7, 11) is 0. The zero-order valence-corrected chi connectivity index (χ0v) is 7.77. The molecule has 0 aliphatic heterocycles. The second-order valence-electron chi connectivity index (χ2n) is 3.59. The molecule has 1 heteroatoms. The third kappa shape index (κ3) is 1.02. The smallest absolute Gasteiger partial charge is 0.0429 e. The average Bonchev–Trinajstić information content (AvgIpc) is 2.85. The number of nitrogens with one attached hydrogen (secondary N) is 1. The van der Waals surface area contributed by atoms with Crippen molar-refractivity contribution in [3.8, 4) is 0 Å². The van der Waals surface area contributed by atoms with Gasteiger partial charge in [-0.1, -0.05) is 36.4 Å². The molecule has 14 heavy (non-hydrogen) atoms. The van der Waals surface area contributed by atoms with Gasteiger partial charge in [0.15, 0.2) is 0 Å². The molecule has 0 bridgehead atoms. The van der Waals surface area contributed by atoms with Crippen molar-refractivity contribution >= 4 is 6.08 Å². The summed E-state index contributed by atoms with van der Waals surface area (Å²) in [5.41, 5.74) is 4.01. The number of aromatic amines is 1. The van der Waals surface area contributed by atoms with Gasteiger partial charge >= 0.3 is 0 Å². The zero-order chi connectivity index (χ0) is 9.38. The minimum Gasteiger partial charge on any atom is -0.364 e. The van der Waals surface area contributed by atoms with Gasteiger partial charge in [-0.3, -0.25) is 0 Å². The fourth-order valence-corrected chi connectivity index (χ4v) is 2.06. The van der Waals surface area contributed by atoms with E-state index in [0.29, 0.717) is 5.92 Å². The molecule has 1 atom stereocenters. The highest BCUT2D eigenvalue weighted by molar-refractivity contribution is 5.64. The Balaban J connectivity index is 2.11. The molecule has 1 aromatic heterocycles. The van der Waals surface area contributed by atoms with Crippen molar-refractivity contribution in [2.24, 2.45) is 0 Å². The van der Waals surface area contributed by atoms with Crippen LogP contribution in [0.3, 0.4) is 0 Å². The van der Waals surface area contributed by atoms with Crippen molar-refractivity contribution in [3.05, 3.63) is 65.5 Å². The van der Waals surface area contributed by atoms with E-state index in [1.165, 1.54) is 16.8 Å². The van der Waals surface area contributed by atoms with Crippen LogP contribution in [0.2, 0.25) is 0 Å². The maximum absolute atomic E-state index is 3.27. The Bertz CT molecular complexity index is 466. The number of hydrogen-bond donors (Lipinski definition) is 1. The summed E-state index contributed by atoms with van der Waals surface area (Å²) in [5.74, 6) is 0.418. The van der Waals surface area contributed by atoms with Crippen LogP contribution in [-0.4, -0.2) is 4.98 Å². The van der Waals surface area contributed by atoms with Crippen molar-refractivity contribution in [2.75, 3.05) is 0 Å². The van der Waals surface area contributed by atoms with E-state index in [4.69, 9.17) is 0 Å². The molecule has 1 nitrogen and oxygen atoms in total. The molecule has 0 fully saturated rings. The quantitative estimate of drug-likeness (QED) is 0.695. The molecular weight excluding hydrogens is 170 g/mol. The molecule has 0 saturated heterocycles. The van der Waals surface area contributed by atoms with Crippen molar-refractivity contribution in [2.45, 2.75) is 5.92 Å².